The molecule has 11 heteroatoms. The second kappa shape index (κ2) is 10.9. The molecule has 3 aromatic rings. The van der Waals surface area contributed by atoms with Gasteiger partial charge in [0.05, 0.1) is 18.9 Å². The van der Waals surface area contributed by atoms with Gasteiger partial charge in [0.25, 0.3) is 5.92 Å². The summed E-state index contributed by atoms with van der Waals surface area (Å²) in [5.74, 6) is -2.90. The second-order valence-electron chi connectivity index (χ2n) is 10.1. The molecule has 2 saturated heterocycles. The molecule has 1 N–H and O–H groups in total. The zero-order valence-electron chi connectivity index (χ0n) is 21.4. The molecule has 0 bridgehead atoms. The van der Waals surface area contributed by atoms with Crippen LogP contribution >= 0.6 is 22.6 Å². The number of morpholine rings is 1. The molecular weight excluding hydrogens is 610 g/mol. The molecule has 1 unspecified atom stereocenters. The normalized spacial score (nSPS) is 19.3. The van der Waals surface area contributed by atoms with E-state index in [-0.39, 0.29) is 17.6 Å². The first-order chi connectivity index (χ1) is 18.1. The number of nitrogens with one attached hydrogen (secondary N) is 1. The first-order valence-electron chi connectivity index (χ1n) is 12.8. The summed E-state index contributed by atoms with van der Waals surface area (Å²) in [6.07, 6.45) is 4.43. The third-order valence-corrected chi connectivity index (χ3v) is 7.73. The third kappa shape index (κ3) is 5.88. The van der Waals surface area contributed by atoms with Gasteiger partial charge in [-0.3, -0.25) is 0 Å². The number of urea groups is 1. The number of halogens is 4. The van der Waals surface area contributed by atoms with Gasteiger partial charge >= 0.3 is 6.03 Å². The number of alkyl halides is 4. The monoisotopic (exact) mass is 641 g/mol. The topological polar surface area (TPSA) is 62.1 Å². The number of aromatic nitrogens is 2. The van der Waals surface area contributed by atoms with E-state index in [1.807, 2.05) is 31.2 Å². The van der Waals surface area contributed by atoms with Crippen molar-refractivity contribution in [3.05, 3.63) is 47.9 Å². The van der Waals surface area contributed by atoms with Gasteiger partial charge in [-0.1, -0.05) is 6.07 Å². The second-order valence-corrected chi connectivity index (χ2v) is 11.5. The maximum Gasteiger partial charge on any atom is 0.321 e. The fourth-order valence-corrected chi connectivity index (χ4v) is 5.87. The highest BCUT2D eigenvalue weighted by Crippen LogP contribution is 2.35. The minimum atomic E-state index is -3.06. The van der Waals surface area contributed by atoms with Crippen LogP contribution in [-0.4, -0.2) is 63.9 Å². The lowest BCUT2D eigenvalue weighted by molar-refractivity contribution is 0.0133. The van der Waals surface area contributed by atoms with Crippen LogP contribution in [-0.2, 0) is 10.7 Å². The molecule has 38 heavy (non-hydrogen) atoms. The molecule has 2 aliphatic heterocycles. The number of nitrogens with zero attached hydrogens (tertiary/aromatic N) is 4. The summed E-state index contributed by atoms with van der Waals surface area (Å²) in [6, 6.07) is 7.45. The standard InChI is InChI=1S/C27H31F3IN5O2/c1-17-3-4-20(32-26(37)35-6-5-18(14-35)11-24(28)31)13-21(17)19-12-22(34-7-9-38-10-8-34)25-33-23(27(2,29)30)16-36(25)15-19/h3-4,12-13,15-16,18,24H,5-11,14H2,1-2H3,(H,32,37)/t18-,24?/m0/s1. The molecule has 0 spiro atoms. The van der Waals surface area contributed by atoms with E-state index >= 15 is 0 Å². The van der Waals surface area contributed by atoms with E-state index in [0.29, 0.717) is 57.1 Å². The molecule has 0 aliphatic carbocycles. The van der Waals surface area contributed by atoms with Gasteiger partial charge < -0.3 is 24.3 Å². The number of amides is 2. The summed E-state index contributed by atoms with van der Waals surface area (Å²) >= 11 is 1.78. The van der Waals surface area contributed by atoms with E-state index in [4.69, 9.17) is 4.74 Å². The number of aryl methyl sites for hydroxylation is 1. The molecule has 1 aromatic carbocycles. The number of ether oxygens (including phenoxy) is 1. The number of imidazole rings is 1. The van der Waals surface area contributed by atoms with Gasteiger partial charge in [0, 0.05) is 56.7 Å². The number of pyridine rings is 1. The molecule has 0 saturated carbocycles. The number of carbonyl (C=O) groups is 1. The van der Waals surface area contributed by atoms with Crippen molar-refractivity contribution in [2.75, 3.05) is 49.6 Å². The predicted molar refractivity (Wildman–Crippen MR) is 150 cm³/mol. The average molecular weight is 641 g/mol. The zero-order chi connectivity index (χ0) is 27.0. The highest BCUT2D eigenvalue weighted by molar-refractivity contribution is 14.1. The van der Waals surface area contributed by atoms with Crippen molar-refractivity contribution in [3.8, 4) is 11.1 Å². The van der Waals surface area contributed by atoms with Crippen LogP contribution in [0.15, 0.2) is 36.7 Å². The minimum absolute atomic E-state index is 0.169. The van der Waals surface area contributed by atoms with Crippen molar-refractivity contribution in [1.82, 2.24) is 14.3 Å². The van der Waals surface area contributed by atoms with Crippen LogP contribution in [0.4, 0.5) is 29.3 Å². The number of carbonyl (C=O) groups excluding carboxylic acids is 1. The van der Waals surface area contributed by atoms with Gasteiger partial charge in [0.1, 0.15) is 5.69 Å². The van der Waals surface area contributed by atoms with Crippen molar-refractivity contribution < 1.29 is 22.7 Å². The Hall–Kier alpha value is -2.54. The van der Waals surface area contributed by atoms with Crippen LogP contribution in [0.1, 0.15) is 31.0 Å². The van der Waals surface area contributed by atoms with Crippen LogP contribution in [0.5, 0.6) is 0 Å². The smallest absolute Gasteiger partial charge is 0.321 e. The van der Waals surface area contributed by atoms with E-state index in [9.17, 15) is 18.0 Å². The zero-order valence-corrected chi connectivity index (χ0v) is 23.6. The van der Waals surface area contributed by atoms with Crippen molar-refractivity contribution in [3.63, 3.8) is 0 Å². The molecular formula is C27H31F3IN5O2. The van der Waals surface area contributed by atoms with Gasteiger partial charge in [-0.05, 0) is 77.6 Å². The number of benzene rings is 1. The number of likely N-dealkylation sites (tertiary alicyclic amines) is 1. The molecule has 2 fully saturated rings. The first kappa shape index (κ1) is 27.0. The van der Waals surface area contributed by atoms with Crippen LogP contribution < -0.4 is 10.2 Å². The van der Waals surface area contributed by atoms with Crippen LogP contribution in [0.3, 0.4) is 0 Å². The molecule has 0 radical (unpaired) electrons. The van der Waals surface area contributed by atoms with Crippen LogP contribution in [0, 0.1) is 12.8 Å². The lowest BCUT2D eigenvalue weighted by Gasteiger charge is -2.29. The Kier molecular flexibility index (Phi) is 7.77. The first-order valence-corrected chi connectivity index (χ1v) is 14.0. The predicted octanol–water partition coefficient (Wildman–Crippen LogP) is 6.23. The number of rotatable bonds is 6. The number of fused-ring (bicyclic) bond motifs is 1. The molecule has 2 atom stereocenters. The molecule has 5 rings (SSSR count). The number of hydrogen-bond acceptors (Lipinski definition) is 4. The molecule has 2 aliphatic rings. The summed E-state index contributed by atoms with van der Waals surface area (Å²) in [5.41, 5.74) is 4.27. The molecule has 2 amide bonds. The summed E-state index contributed by atoms with van der Waals surface area (Å²) in [7, 11) is 0. The van der Waals surface area contributed by atoms with Crippen LogP contribution in [0.25, 0.3) is 16.8 Å². The van der Waals surface area contributed by atoms with Crippen molar-refractivity contribution in [2.24, 2.45) is 5.92 Å². The van der Waals surface area contributed by atoms with E-state index in [1.54, 1.807) is 38.1 Å². The third-order valence-electron chi connectivity index (χ3n) is 7.22. The SMILES string of the molecule is Cc1ccc(NC(=O)N2CC[C@@H](CC(F)I)C2)cc1-c1cc(N2CCOCC2)c2nc(C(C)(F)F)cn2c1. The Morgan fingerprint density at radius 3 is 2.71 bits per heavy atom. The average Bonchev–Trinajstić information content (AvgIpc) is 3.52. The fraction of sp³-hybridized carbons (Fsp3) is 0.481. The Balaban J connectivity index is 1.46. The number of hydrogen-bond donors (Lipinski definition) is 1. The lowest BCUT2D eigenvalue weighted by atomic mass is 10.0. The summed E-state index contributed by atoms with van der Waals surface area (Å²) in [6.45, 7) is 6.34. The molecule has 2 aromatic heterocycles. The Bertz CT molecular complexity index is 1320. The van der Waals surface area contributed by atoms with E-state index in [1.165, 1.54) is 6.20 Å². The van der Waals surface area contributed by atoms with Gasteiger partial charge in [0.2, 0.25) is 0 Å². The van der Waals surface area contributed by atoms with Gasteiger partial charge in [-0.15, -0.1) is 0 Å². The molecule has 4 heterocycles. The highest BCUT2D eigenvalue weighted by Gasteiger charge is 2.30. The van der Waals surface area contributed by atoms with E-state index in [2.05, 4.69) is 15.2 Å². The van der Waals surface area contributed by atoms with Crippen molar-refractivity contribution >= 4 is 45.6 Å². The highest BCUT2D eigenvalue weighted by atomic mass is 127. The van der Waals surface area contributed by atoms with E-state index in [0.717, 1.165) is 35.7 Å². The Morgan fingerprint density at radius 2 is 2.00 bits per heavy atom. The van der Waals surface area contributed by atoms with Crippen molar-refractivity contribution in [1.29, 1.82) is 0 Å². The lowest BCUT2D eigenvalue weighted by Crippen LogP contribution is -2.36. The molecule has 7 nitrogen and oxygen atoms in total. The maximum absolute atomic E-state index is 14.2. The van der Waals surface area contributed by atoms with Crippen molar-refractivity contribution in [2.45, 2.75) is 36.8 Å². The van der Waals surface area contributed by atoms with Gasteiger partial charge in [0.15, 0.2) is 9.83 Å². The largest absolute Gasteiger partial charge is 0.378 e. The Labute approximate surface area is 233 Å². The number of anilines is 2. The minimum Gasteiger partial charge on any atom is -0.378 e. The summed E-state index contributed by atoms with van der Waals surface area (Å²) in [4.78, 5) is 21.0. The van der Waals surface area contributed by atoms with E-state index < -0.39 is 10.1 Å². The molecule has 204 valence electrons. The maximum atomic E-state index is 14.2. The quantitative estimate of drug-likeness (QED) is 0.256. The Morgan fingerprint density at radius 1 is 1.24 bits per heavy atom. The summed E-state index contributed by atoms with van der Waals surface area (Å²) in [5, 5.41) is 2.98. The van der Waals surface area contributed by atoms with Gasteiger partial charge in [-0.25, -0.2) is 14.2 Å². The van der Waals surface area contributed by atoms with Crippen LogP contribution in [0.2, 0.25) is 0 Å². The fourth-order valence-electron chi connectivity index (χ4n) is 5.15. The van der Waals surface area contributed by atoms with Gasteiger partial charge in [-0.2, -0.15) is 8.78 Å². The summed E-state index contributed by atoms with van der Waals surface area (Å²) < 4.78 is 48.0.